The monoisotopic (exact) mass is 662 g/mol. The van der Waals surface area contributed by atoms with Crippen molar-refractivity contribution >= 4 is 22.7 Å². The fourth-order valence-electron chi connectivity index (χ4n) is 7.69. The second-order valence-corrected chi connectivity index (χ2v) is 13.8. The summed E-state index contributed by atoms with van der Waals surface area (Å²) in [7, 11) is 1.69. The molecule has 5 aromatic heterocycles. The summed E-state index contributed by atoms with van der Waals surface area (Å²) >= 11 is 0. The van der Waals surface area contributed by atoms with Crippen LogP contribution >= 0.6 is 0 Å². The zero-order chi connectivity index (χ0) is 33.8. The van der Waals surface area contributed by atoms with E-state index in [-0.39, 0.29) is 17.7 Å². The van der Waals surface area contributed by atoms with Gasteiger partial charge >= 0.3 is 0 Å². The smallest absolute Gasteiger partial charge is 0.280 e. The van der Waals surface area contributed by atoms with Crippen LogP contribution in [0.2, 0.25) is 0 Å². The molecule has 12 nitrogen and oxygen atoms in total. The van der Waals surface area contributed by atoms with Crippen molar-refractivity contribution in [3.8, 4) is 16.9 Å². The summed E-state index contributed by atoms with van der Waals surface area (Å²) in [4.78, 5) is 41.2. The van der Waals surface area contributed by atoms with E-state index in [0.29, 0.717) is 57.5 Å². The predicted molar refractivity (Wildman–Crippen MR) is 189 cm³/mol. The zero-order valence-electron chi connectivity index (χ0n) is 28.2. The molecule has 1 unspecified atom stereocenters. The number of nitrogens with zero attached hydrogens (tertiary/aromatic N) is 7. The van der Waals surface area contributed by atoms with Gasteiger partial charge in [-0.3, -0.25) is 19.1 Å². The number of nitrogens with one attached hydrogen (secondary N) is 1. The second-order valence-electron chi connectivity index (χ2n) is 13.8. The van der Waals surface area contributed by atoms with E-state index < -0.39 is 0 Å². The van der Waals surface area contributed by atoms with Crippen LogP contribution in [0.5, 0.6) is 0 Å². The highest BCUT2D eigenvalue weighted by Gasteiger charge is 2.32. The molecular weight excluding hydrogens is 620 g/mol. The largest absolute Gasteiger partial charge is 0.392 e. The molecule has 3 aliphatic rings. The molecule has 2 fully saturated rings. The van der Waals surface area contributed by atoms with Crippen LogP contribution in [0.1, 0.15) is 37.1 Å². The average Bonchev–Trinajstić information content (AvgIpc) is 3.45. The van der Waals surface area contributed by atoms with Crippen LogP contribution in [0.3, 0.4) is 0 Å². The Hall–Kier alpha value is -4.78. The maximum atomic E-state index is 13.8. The second kappa shape index (κ2) is 12.6. The number of pyridine rings is 3. The Morgan fingerprint density at radius 2 is 1.90 bits per heavy atom. The minimum Gasteiger partial charge on any atom is -0.392 e. The van der Waals surface area contributed by atoms with Gasteiger partial charge in [-0.1, -0.05) is 6.92 Å². The molecule has 0 spiro atoms. The van der Waals surface area contributed by atoms with Crippen molar-refractivity contribution in [1.29, 1.82) is 0 Å². The zero-order valence-corrected chi connectivity index (χ0v) is 28.2. The summed E-state index contributed by atoms with van der Waals surface area (Å²) < 4.78 is 10.4. The van der Waals surface area contributed by atoms with Crippen LogP contribution in [0, 0.1) is 5.92 Å². The third-order valence-electron chi connectivity index (χ3n) is 10.5. The Labute approximate surface area is 284 Å². The lowest BCUT2D eigenvalue weighted by Crippen LogP contribution is -2.59. The maximum absolute atomic E-state index is 13.8. The van der Waals surface area contributed by atoms with Gasteiger partial charge in [-0.15, -0.1) is 0 Å². The predicted octanol–water partition coefficient (Wildman–Crippen LogP) is 3.52. The number of rotatable bonds is 7. The Morgan fingerprint density at radius 3 is 2.63 bits per heavy atom. The number of piperazine rings is 1. The van der Waals surface area contributed by atoms with Crippen LogP contribution in [0.25, 0.3) is 22.5 Å². The van der Waals surface area contributed by atoms with Crippen molar-refractivity contribution in [3.05, 3.63) is 98.8 Å². The summed E-state index contributed by atoms with van der Waals surface area (Å²) in [5.41, 5.74) is 5.87. The van der Waals surface area contributed by atoms with Crippen molar-refractivity contribution in [1.82, 2.24) is 28.4 Å². The van der Waals surface area contributed by atoms with Crippen LogP contribution in [0.15, 0.2) is 70.9 Å². The van der Waals surface area contributed by atoms with E-state index in [0.717, 1.165) is 57.8 Å². The van der Waals surface area contributed by atoms with E-state index in [1.165, 1.54) is 20.4 Å². The average molecular weight is 663 g/mol. The van der Waals surface area contributed by atoms with E-state index in [2.05, 4.69) is 38.9 Å². The molecular formula is C37H42N8O4. The Balaban J connectivity index is 1.08. The molecule has 0 amide bonds. The first kappa shape index (κ1) is 31.5. The first-order chi connectivity index (χ1) is 23.8. The summed E-state index contributed by atoms with van der Waals surface area (Å²) in [6, 6.07) is 10.4. The van der Waals surface area contributed by atoms with Crippen molar-refractivity contribution in [2.45, 2.75) is 51.8 Å². The van der Waals surface area contributed by atoms with Gasteiger partial charge in [0.05, 0.1) is 37.7 Å². The molecule has 0 saturated carbocycles. The Morgan fingerprint density at radius 1 is 1.04 bits per heavy atom. The highest BCUT2D eigenvalue weighted by atomic mass is 16.5. The van der Waals surface area contributed by atoms with Crippen LogP contribution in [0.4, 0.5) is 17.2 Å². The maximum Gasteiger partial charge on any atom is 0.280 e. The summed E-state index contributed by atoms with van der Waals surface area (Å²) in [6.07, 6.45) is 11.9. The summed E-state index contributed by atoms with van der Waals surface area (Å²) in [6.45, 7) is 8.68. The first-order valence-corrected chi connectivity index (χ1v) is 17.1. The number of aliphatic hydroxyl groups is 1. The lowest BCUT2D eigenvalue weighted by atomic mass is 9.89. The van der Waals surface area contributed by atoms with E-state index in [9.17, 15) is 14.7 Å². The number of hydrogen-bond acceptors (Lipinski definition) is 9. The highest BCUT2D eigenvalue weighted by Crippen LogP contribution is 2.31. The van der Waals surface area contributed by atoms with Gasteiger partial charge in [0.2, 0.25) is 0 Å². The molecule has 12 heteroatoms. The first-order valence-electron chi connectivity index (χ1n) is 17.1. The number of aryl methyl sites for hydroxylation is 2. The van der Waals surface area contributed by atoms with Crippen LogP contribution < -0.4 is 21.3 Å². The third-order valence-corrected chi connectivity index (χ3v) is 10.5. The number of fused-ring (bicyclic) bond motifs is 3. The van der Waals surface area contributed by atoms with Crippen molar-refractivity contribution in [2.24, 2.45) is 13.0 Å². The minimum absolute atomic E-state index is 0.189. The van der Waals surface area contributed by atoms with Gasteiger partial charge < -0.3 is 29.0 Å². The lowest BCUT2D eigenvalue weighted by Gasteiger charge is -2.46. The van der Waals surface area contributed by atoms with E-state index in [1.807, 2.05) is 35.0 Å². The van der Waals surface area contributed by atoms with Crippen LogP contribution in [-0.2, 0) is 31.2 Å². The van der Waals surface area contributed by atoms with Gasteiger partial charge in [-0.25, -0.2) is 9.97 Å². The summed E-state index contributed by atoms with van der Waals surface area (Å²) in [5.74, 6) is 1.49. The molecule has 8 rings (SSSR count). The molecule has 5 aromatic rings. The quantitative estimate of drug-likeness (QED) is 0.270. The topological polar surface area (TPSA) is 122 Å². The number of ether oxygens (including phenoxy) is 1. The van der Waals surface area contributed by atoms with Crippen molar-refractivity contribution < 1.29 is 9.84 Å². The van der Waals surface area contributed by atoms with Gasteiger partial charge in [0.15, 0.2) is 0 Å². The van der Waals surface area contributed by atoms with E-state index in [4.69, 9.17) is 4.74 Å². The molecule has 2 atom stereocenters. The molecule has 2 saturated heterocycles. The van der Waals surface area contributed by atoms with E-state index in [1.54, 1.807) is 37.8 Å². The van der Waals surface area contributed by atoms with Gasteiger partial charge in [-0.05, 0) is 73.6 Å². The fraction of sp³-hybridized carbons (Fsp3) is 0.405. The molecule has 0 radical (unpaired) electrons. The number of aliphatic hydroxyl groups excluding tert-OH is 1. The molecule has 7 heterocycles. The van der Waals surface area contributed by atoms with Crippen LogP contribution in [-0.4, -0.2) is 78.4 Å². The molecule has 1 aliphatic carbocycles. The van der Waals surface area contributed by atoms with Gasteiger partial charge in [0.25, 0.3) is 11.1 Å². The number of anilines is 3. The Kier molecular flexibility index (Phi) is 8.09. The molecule has 49 heavy (non-hydrogen) atoms. The van der Waals surface area contributed by atoms with Gasteiger partial charge in [0.1, 0.15) is 22.8 Å². The lowest BCUT2D eigenvalue weighted by molar-refractivity contribution is -0.0691. The standard InChI is InChI=1S/C37H42N8O4/c1-23-4-5-25-16-33-37(48)45(13-12-44(33)32(25)14-23)35-30(20-46)29(8-9-38-35)26-15-31(36(47)41(3)19-26)40-34-7-6-27(17-39-34)43-11-10-42(18-24(43)2)28-21-49-22-28/h6-9,12-13,15-17,19,23-24,28,46H,4-5,10-11,14,18,20-22H2,1-3H3,(H,39,40)/t23?,24-/m0/s1. The normalized spacial score (nSPS) is 20.0. The molecule has 0 aromatic carbocycles. The Bertz CT molecular complexity index is 2150. The fourth-order valence-corrected chi connectivity index (χ4v) is 7.69. The molecule has 0 bridgehead atoms. The molecule has 2 N–H and O–H groups in total. The molecule has 254 valence electrons. The van der Waals surface area contributed by atoms with E-state index >= 15 is 0 Å². The van der Waals surface area contributed by atoms with Gasteiger partial charge in [0, 0.05) is 74.3 Å². The number of hydrogen-bond donors (Lipinski definition) is 2. The molecule has 2 aliphatic heterocycles. The number of aromatic nitrogens is 5. The third kappa shape index (κ3) is 5.63. The van der Waals surface area contributed by atoms with Crippen molar-refractivity contribution in [3.63, 3.8) is 0 Å². The SMILES string of the molecule is CC1CCc2cc3c(=O)n(-c4nccc(-c5cc(Nc6ccc(N7CCN(C8COC8)C[C@@H]7C)cn6)c(=O)n(C)c5)c4CO)ccn3c2C1. The minimum atomic E-state index is -0.346. The van der Waals surface area contributed by atoms with Crippen molar-refractivity contribution in [2.75, 3.05) is 43.1 Å². The van der Waals surface area contributed by atoms with Gasteiger partial charge in [-0.2, -0.15) is 0 Å². The summed E-state index contributed by atoms with van der Waals surface area (Å²) in [5, 5.41) is 13.9. The highest BCUT2D eigenvalue weighted by molar-refractivity contribution is 5.73.